The summed E-state index contributed by atoms with van der Waals surface area (Å²) < 4.78 is 10.8. The van der Waals surface area contributed by atoms with Gasteiger partial charge in [0, 0.05) is 18.1 Å². The first-order chi connectivity index (χ1) is 10.4. The Labute approximate surface area is 138 Å². The van der Waals surface area contributed by atoms with E-state index >= 15 is 0 Å². The molecule has 0 aromatic heterocycles. The lowest BCUT2D eigenvalue weighted by Gasteiger charge is -2.39. The molecule has 0 spiro atoms. The normalized spacial score (nSPS) is 27.6. The number of fused-ring (bicyclic) bond motifs is 2. The summed E-state index contributed by atoms with van der Waals surface area (Å²) in [6, 6.07) is 0.341. The predicted octanol–water partition coefficient (Wildman–Crippen LogP) is 3.44. The molecule has 23 heavy (non-hydrogen) atoms. The zero-order valence-electron chi connectivity index (χ0n) is 15.1. The lowest BCUT2D eigenvalue weighted by molar-refractivity contribution is 0.00377. The molecular weight excluding hydrogens is 296 g/mol. The van der Waals surface area contributed by atoms with Gasteiger partial charge in [0.05, 0.1) is 0 Å². The SMILES string of the molecule is CC(C)(C)OC(=O)NC1CC2CCC(C1)N2C(=O)OC(C)(C)C. The number of ether oxygens (including phenoxy) is 2. The lowest BCUT2D eigenvalue weighted by atomic mass is 9.98. The maximum atomic E-state index is 12.4. The van der Waals surface area contributed by atoms with Gasteiger partial charge in [0.15, 0.2) is 0 Å². The summed E-state index contributed by atoms with van der Waals surface area (Å²) in [4.78, 5) is 26.2. The average molecular weight is 326 g/mol. The first-order valence-electron chi connectivity index (χ1n) is 8.45. The highest BCUT2D eigenvalue weighted by molar-refractivity contribution is 5.70. The first-order valence-corrected chi connectivity index (χ1v) is 8.45. The molecule has 0 saturated carbocycles. The minimum atomic E-state index is -0.500. The number of piperidine rings is 1. The number of alkyl carbamates (subject to hydrolysis) is 1. The molecule has 2 amide bonds. The molecule has 132 valence electrons. The number of rotatable bonds is 1. The minimum absolute atomic E-state index is 0.0565. The fraction of sp³-hybridized carbons (Fsp3) is 0.882. The number of nitrogens with one attached hydrogen (secondary N) is 1. The van der Waals surface area contributed by atoms with Crippen LogP contribution in [0.2, 0.25) is 0 Å². The van der Waals surface area contributed by atoms with E-state index in [0.29, 0.717) is 0 Å². The van der Waals surface area contributed by atoms with Gasteiger partial charge in [-0.15, -0.1) is 0 Å². The van der Waals surface area contributed by atoms with E-state index < -0.39 is 11.2 Å². The van der Waals surface area contributed by atoms with E-state index in [0.717, 1.165) is 25.7 Å². The van der Waals surface area contributed by atoms with Gasteiger partial charge in [-0.05, 0) is 67.2 Å². The van der Waals surface area contributed by atoms with Crippen LogP contribution >= 0.6 is 0 Å². The highest BCUT2D eigenvalue weighted by Crippen LogP contribution is 2.36. The van der Waals surface area contributed by atoms with Gasteiger partial charge in [0.1, 0.15) is 11.2 Å². The molecule has 0 aromatic carbocycles. The smallest absolute Gasteiger partial charge is 0.410 e. The van der Waals surface area contributed by atoms with Crippen molar-refractivity contribution >= 4 is 12.2 Å². The molecule has 0 aliphatic carbocycles. The largest absolute Gasteiger partial charge is 0.444 e. The van der Waals surface area contributed by atoms with E-state index in [-0.39, 0.29) is 30.3 Å². The van der Waals surface area contributed by atoms with Crippen molar-refractivity contribution < 1.29 is 19.1 Å². The molecule has 2 bridgehead atoms. The Hall–Kier alpha value is -1.46. The van der Waals surface area contributed by atoms with Gasteiger partial charge in [-0.3, -0.25) is 0 Å². The summed E-state index contributed by atoms with van der Waals surface area (Å²) in [6.45, 7) is 11.2. The molecule has 0 aromatic rings. The van der Waals surface area contributed by atoms with Crippen molar-refractivity contribution in [1.29, 1.82) is 0 Å². The number of hydrogen-bond acceptors (Lipinski definition) is 4. The summed E-state index contributed by atoms with van der Waals surface area (Å²) in [5, 5.41) is 2.94. The monoisotopic (exact) mass is 326 g/mol. The average Bonchev–Trinajstić information content (AvgIpc) is 2.57. The maximum absolute atomic E-state index is 12.4. The second kappa shape index (κ2) is 6.21. The van der Waals surface area contributed by atoms with E-state index in [9.17, 15) is 9.59 Å². The van der Waals surface area contributed by atoms with Crippen molar-refractivity contribution in [2.45, 2.75) is 96.6 Å². The third-order valence-electron chi connectivity index (χ3n) is 4.06. The van der Waals surface area contributed by atoms with E-state index in [1.807, 2.05) is 46.4 Å². The summed E-state index contributed by atoms with van der Waals surface area (Å²) >= 11 is 0. The number of amides is 2. The van der Waals surface area contributed by atoms with Crippen LogP contribution in [-0.4, -0.2) is 46.4 Å². The van der Waals surface area contributed by atoms with Crippen molar-refractivity contribution in [3.05, 3.63) is 0 Å². The van der Waals surface area contributed by atoms with E-state index in [1.54, 1.807) is 0 Å². The number of hydrogen-bond donors (Lipinski definition) is 1. The highest BCUT2D eigenvalue weighted by Gasteiger charge is 2.45. The fourth-order valence-corrected chi connectivity index (χ4v) is 3.38. The summed E-state index contributed by atoms with van der Waals surface area (Å²) in [7, 11) is 0. The summed E-state index contributed by atoms with van der Waals surface area (Å²) in [5.74, 6) is 0. The Morgan fingerprint density at radius 2 is 1.39 bits per heavy atom. The van der Waals surface area contributed by atoms with Crippen molar-refractivity contribution in [1.82, 2.24) is 10.2 Å². The molecule has 2 heterocycles. The molecular formula is C17H30N2O4. The third kappa shape index (κ3) is 5.01. The molecule has 2 aliphatic heterocycles. The maximum Gasteiger partial charge on any atom is 0.410 e. The fourth-order valence-electron chi connectivity index (χ4n) is 3.38. The zero-order chi connectivity index (χ0) is 17.4. The number of nitrogens with zero attached hydrogens (tertiary/aromatic N) is 1. The molecule has 2 aliphatic rings. The van der Waals surface area contributed by atoms with E-state index in [4.69, 9.17) is 9.47 Å². The molecule has 1 N–H and O–H groups in total. The molecule has 2 unspecified atom stereocenters. The molecule has 2 saturated heterocycles. The van der Waals surface area contributed by atoms with Crippen molar-refractivity contribution in [3.63, 3.8) is 0 Å². The van der Waals surface area contributed by atoms with E-state index in [2.05, 4.69) is 5.32 Å². The van der Waals surface area contributed by atoms with Crippen molar-refractivity contribution in [3.8, 4) is 0 Å². The Kier molecular flexibility index (Phi) is 4.83. The second-order valence-electron chi connectivity index (χ2n) is 8.59. The lowest BCUT2D eigenvalue weighted by Crippen LogP contribution is -2.53. The zero-order valence-corrected chi connectivity index (χ0v) is 15.1. The van der Waals surface area contributed by atoms with Gasteiger partial charge in [0.2, 0.25) is 0 Å². The standard InChI is InChI=1S/C17H30N2O4/c1-16(2,3)22-14(20)18-11-9-12-7-8-13(10-11)19(12)15(21)23-17(4,5)6/h11-13H,7-10H2,1-6H3,(H,18,20). The number of carbonyl (C=O) groups excluding carboxylic acids is 2. The van der Waals surface area contributed by atoms with Crippen LogP contribution in [0.15, 0.2) is 0 Å². The Morgan fingerprint density at radius 1 is 0.913 bits per heavy atom. The Bertz CT molecular complexity index is 450. The van der Waals surface area contributed by atoms with Crippen LogP contribution in [0.5, 0.6) is 0 Å². The van der Waals surface area contributed by atoms with Crippen LogP contribution in [0, 0.1) is 0 Å². The molecule has 6 heteroatoms. The van der Waals surface area contributed by atoms with E-state index in [1.165, 1.54) is 0 Å². The summed E-state index contributed by atoms with van der Waals surface area (Å²) in [6.07, 6.45) is 2.84. The van der Waals surface area contributed by atoms with Gasteiger partial charge in [-0.25, -0.2) is 9.59 Å². The van der Waals surface area contributed by atoms with Gasteiger partial charge >= 0.3 is 12.2 Å². The Balaban J connectivity index is 1.92. The van der Waals surface area contributed by atoms with Crippen LogP contribution in [0.3, 0.4) is 0 Å². The third-order valence-corrected chi connectivity index (χ3v) is 4.06. The van der Waals surface area contributed by atoms with Crippen molar-refractivity contribution in [2.75, 3.05) is 0 Å². The Morgan fingerprint density at radius 3 is 1.83 bits per heavy atom. The predicted molar refractivity (Wildman–Crippen MR) is 87.3 cm³/mol. The quantitative estimate of drug-likeness (QED) is 0.801. The first kappa shape index (κ1) is 17.9. The van der Waals surface area contributed by atoms with Crippen LogP contribution in [-0.2, 0) is 9.47 Å². The van der Waals surface area contributed by atoms with Gasteiger partial charge in [-0.1, -0.05) is 0 Å². The van der Waals surface area contributed by atoms with Crippen LogP contribution in [0.25, 0.3) is 0 Å². The van der Waals surface area contributed by atoms with Gasteiger partial charge in [-0.2, -0.15) is 0 Å². The molecule has 0 radical (unpaired) electrons. The van der Waals surface area contributed by atoms with Gasteiger partial charge < -0.3 is 19.7 Å². The molecule has 2 fully saturated rings. The molecule has 2 rings (SSSR count). The summed E-state index contributed by atoms with van der Waals surface area (Å²) in [5.41, 5.74) is -0.984. The van der Waals surface area contributed by atoms with Gasteiger partial charge in [0.25, 0.3) is 0 Å². The highest BCUT2D eigenvalue weighted by atomic mass is 16.6. The van der Waals surface area contributed by atoms with Crippen LogP contribution < -0.4 is 5.32 Å². The minimum Gasteiger partial charge on any atom is -0.444 e. The number of carbonyl (C=O) groups is 2. The second-order valence-corrected chi connectivity index (χ2v) is 8.59. The van der Waals surface area contributed by atoms with Crippen LogP contribution in [0.1, 0.15) is 67.2 Å². The van der Waals surface area contributed by atoms with Crippen LogP contribution in [0.4, 0.5) is 9.59 Å². The molecule has 6 nitrogen and oxygen atoms in total. The topological polar surface area (TPSA) is 67.9 Å². The molecule has 2 atom stereocenters. The van der Waals surface area contributed by atoms with Crippen molar-refractivity contribution in [2.24, 2.45) is 0 Å².